The van der Waals surface area contributed by atoms with Gasteiger partial charge in [-0.3, -0.25) is 4.79 Å². The molecule has 0 aromatic heterocycles. The predicted octanol–water partition coefficient (Wildman–Crippen LogP) is 1.68. The van der Waals surface area contributed by atoms with Crippen molar-refractivity contribution in [3.63, 3.8) is 0 Å². The number of rotatable bonds is 4. The van der Waals surface area contributed by atoms with Crippen LogP contribution in [-0.2, 0) is 4.79 Å². The zero-order valence-electron chi connectivity index (χ0n) is 10.2. The average Bonchev–Trinajstić information content (AvgIpc) is 3.00. The number of hydrogen-bond acceptors (Lipinski definition) is 3. The molecule has 1 aromatic carbocycles. The summed E-state index contributed by atoms with van der Waals surface area (Å²) in [4.78, 5) is 11.7. The van der Waals surface area contributed by atoms with Crippen LogP contribution in [0.4, 0.5) is 5.69 Å². The number of aryl methyl sites for hydroxylation is 1. The minimum absolute atomic E-state index is 0.0130. The Hall–Kier alpha value is -1.55. The first-order valence-corrected chi connectivity index (χ1v) is 5.91. The maximum atomic E-state index is 11.7. The summed E-state index contributed by atoms with van der Waals surface area (Å²) < 4.78 is 5.39. The van der Waals surface area contributed by atoms with Gasteiger partial charge in [0.2, 0.25) is 5.91 Å². The van der Waals surface area contributed by atoms with Crippen LogP contribution < -0.4 is 15.8 Å². The van der Waals surface area contributed by atoms with Crippen molar-refractivity contribution >= 4 is 11.6 Å². The molecule has 4 nitrogen and oxygen atoms in total. The molecule has 2 unspecified atom stereocenters. The third-order valence-electron chi connectivity index (χ3n) is 2.94. The number of carbonyl (C=O) groups excluding carboxylic acids is 1. The summed E-state index contributed by atoms with van der Waals surface area (Å²) in [5.74, 6) is 0.830. The number of carbonyl (C=O) groups is 1. The second-order valence-corrected chi connectivity index (χ2v) is 4.41. The summed E-state index contributed by atoms with van der Waals surface area (Å²) in [6.45, 7) is 4.53. The molecule has 3 N–H and O–H groups in total. The van der Waals surface area contributed by atoms with Gasteiger partial charge in [0.1, 0.15) is 5.75 Å². The van der Waals surface area contributed by atoms with Gasteiger partial charge in [-0.05, 0) is 44.0 Å². The van der Waals surface area contributed by atoms with Crippen molar-refractivity contribution in [2.24, 2.45) is 11.7 Å². The molecule has 0 spiro atoms. The normalized spacial score (nSPS) is 22.1. The zero-order valence-corrected chi connectivity index (χ0v) is 10.2. The predicted molar refractivity (Wildman–Crippen MR) is 67.1 cm³/mol. The second-order valence-electron chi connectivity index (χ2n) is 4.41. The summed E-state index contributed by atoms with van der Waals surface area (Å²) in [5, 5.41) is 2.90. The quantitative estimate of drug-likeness (QED) is 0.833. The first kappa shape index (κ1) is 11.9. The van der Waals surface area contributed by atoms with E-state index in [4.69, 9.17) is 10.5 Å². The van der Waals surface area contributed by atoms with E-state index in [1.54, 1.807) is 0 Å². The number of nitrogens with two attached hydrogens (primary N) is 1. The lowest BCUT2D eigenvalue weighted by atomic mass is 10.2. The van der Waals surface area contributed by atoms with Crippen molar-refractivity contribution in [2.45, 2.75) is 26.3 Å². The molecule has 2 atom stereocenters. The molecule has 0 aliphatic heterocycles. The molecule has 0 bridgehead atoms. The molecule has 1 saturated carbocycles. The Kier molecular flexibility index (Phi) is 3.33. The fourth-order valence-electron chi connectivity index (χ4n) is 1.77. The van der Waals surface area contributed by atoms with Crippen LogP contribution in [0.2, 0.25) is 0 Å². The van der Waals surface area contributed by atoms with Crippen LogP contribution in [0.15, 0.2) is 18.2 Å². The molecule has 1 aliphatic rings. The Morgan fingerprint density at radius 3 is 2.82 bits per heavy atom. The lowest BCUT2D eigenvalue weighted by Crippen LogP contribution is -2.19. The molecule has 0 heterocycles. The van der Waals surface area contributed by atoms with Crippen molar-refractivity contribution in [1.29, 1.82) is 0 Å². The van der Waals surface area contributed by atoms with E-state index in [9.17, 15) is 4.79 Å². The molecule has 17 heavy (non-hydrogen) atoms. The van der Waals surface area contributed by atoms with Crippen LogP contribution >= 0.6 is 0 Å². The third-order valence-corrected chi connectivity index (χ3v) is 2.94. The Morgan fingerprint density at radius 1 is 1.59 bits per heavy atom. The number of anilines is 1. The molecule has 0 radical (unpaired) electrons. The molecule has 2 rings (SSSR count). The van der Waals surface area contributed by atoms with Gasteiger partial charge in [-0.1, -0.05) is 0 Å². The van der Waals surface area contributed by atoms with Gasteiger partial charge in [0.25, 0.3) is 0 Å². The highest BCUT2D eigenvalue weighted by molar-refractivity contribution is 5.95. The fourth-order valence-corrected chi connectivity index (χ4v) is 1.77. The maximum absolute atomic E-state index is 11.7. The summed E-state index contributed by atoms with van der Waals surface area (Å²) in [6.07, 6.45) is 0.794. The van der Waals surface area contributed by atoms with E-state index in [0.29, 0.717) is 6.61 Å². The van der Waals surface area contributed by atoms with Crippen LogP contribution in [0.1, 0.15) is 18.9 Å². The van der Waals surface area contributed by atoms with E-state index in [-0.39, 0.29) is 17.9 Å². The van der Waals surface area contributed by atoms with E-state index in [1.807, 2.05) is 32.0 Å². The van der Waals surface area contributed by atoms with E-state index >= 15 is 0 Å². The van der Waals surface area contributed by atoms with Crippen molar-refractivity contribution in [3.05, 3.63) is 23.8 Å². The van der Waals surface area contributed by atoms with Crippen LogP contribution in [0.3, 0.4) is 0 Å². The highest BCUT2D eigenvalue weighted by Crippen LogP contribution is 2.30. The highest BCUT2D eigenvalue weighted by atomic mass is 16.5. The number of amides is 1. The largest absolute Gasteiger partial charge is 0.494 e. The average molecular weight is 234 g/mol. The van der Waals surface area contributed by atoms with E-state index in [1.165, 1.54) is 0 Å². The Bertz CT molecular complexity index is 431. The van der Waals surface area contributed by atoms with Crippen LogP contribution in [0.5, 0.6) is 5.75 Å². The van der Waals surface area contributed by atoms with E-state index in [2.05, 4.69) is 5.32 Å². The number of nitrogens with one attached hydrogen (secondary N) is 1. The summed E-state index contributed by atoms with van der Waals surface area (Å²) in [6, 6.07) is 5.69. The van der Waals surface area contributed by atoms with Crippen LogP contribution in [-0.4, -0.2) is 18.6 Å². The Morgan fingerprint density at radius 2 is 2.29 bits per heavy atom. The van der Waals surface area contributed by atoms with Crippen molar-refractivity contribution in [2.75, 3.05) is 11.9 Å². The van der Waals surface area contributed by atoms with Crippen LogP contribution in [0.25, 0.3) is 0 Å². The molecule has 1 fully saturated rings. The zero-order chi connectivity index (χ0) is 12.4. The van der Waals surface area contributed by atoms with Gasteiger partial charge < -0.3 is 15.8 Å². The first-order valence-electron chi connectivity index (χ1n) is 5.91. The summed E-state index contributed by atoms with van der Waals surface area (Å²) in [5.41, 5.74) is 7.47. The topological polar surface area (TPSA) is 64.3 Å². The Balaban J connectivity index is 2.03. The van der Waals surface area contributed by atoms with Crippen molar-refractivity contribution in [3.8, 4) is 5.75 Å². The van der Waals surface area contributed by atoms with Gasteiger partial charge in [-0.15, -0.1) is 0 Å². The Labute approximate surface area is 101 Å². The number of ether oxygens (including phenoxy) is 1. The smallest absolute Gasteiger partial charge is 0.229 e. The van der Waals surface area contributed by atoms with Crippen molar-refractivity contribution < 1.29 is 9.53 Å². The van der Waals surface area contributed by atoms with Crippen LogP contribution in [0, 0.1) is 12.8 Å². The molecule has 4 heteroatoms. The SMILES string of the molecule is CCOc1ccc(NC(=O)C2CC2N)c(C)c1. The molecule has 92 valence electrons. The summed E-state index contributed by atoms with van der Waals surface area (Å²) in [7, 11) is 0. The monoisotopic (exact) mass is 234 g/mol. The van der Waals surface area contributed by atoms with Gasteiger partial charge in [-0.25, -0.2) is 0 Å². The van der Waals surface area contributed by atoms with Gasteiger partial charge in [0.15, 0.2) is 0 Å². The second kappa shape index (κ2) is 4.75. The molecule has 1 amide bonds. The highest BCUT2D eigenvalue weighted by Gasteiger charge is 2.40. The first-order chi connectivity index (χ1) is 8.11. The van der Waals surface area contributed by atoms with E-state index < -0.39 is 0 Å². The third kappa shape index (κ3) is 2.77. The molecule has 1 aromatic rings. The summed E-state index contributed by atoms with van der Waals surface area (Å²) >= 11 is 0. The number of hydrogen-bond donors (Lipinski definition) is 2. The lowest BCUT2D eigenvalue weighted by molar-refractivity contribution is -0.117. The molecule has 0 saturated heterocycles. The van der Waals surface area contributed by atoms with Gasteiger partial charge in [-0.2, -0.15) is 0 Å². The molecular formula is C13H18N2O2. The number of benzene rings is 1. The maximum Gasteiger partial charge on any atom is 0.229 e. The standard InChI is InChI=1S/C13H18N2O2/c1-3-17-9-4-5-12(8(2)6-9)15-13(16)10-7-11(10)14/h4-6,10-11H,3,7,14H2,1-2H3,(H,15,16). The van der Waals surface area contributed by atoms with Crippen molar-refractivity contribution in [1.82, 2.24) is 0 Å². The molecule has 1 aliphatic carbocycles. The van der Waals surface area contributed by atoms with Gasteiger partial charge in [0.05, 0.1) is 12.5 Å². The minimum atomic E-state index is -0.0130. The minimum Gasteiger partial charge on any atom is -0.494 e. The molecular weight excluding hydrogens is 216 g/mol. The van der Waals surface area contributed by atoms with E-state index in [0.717, 1.165) is 23.4 Å². The lowest BCUT2D eigenvalue weighted by Gasteiger charge is -2.10. The fraction of sp³-hybridized carbons (Fsp3) is 0.462. The van der Waals surface area contributed by atoms with Gasteiger partial charge in [0, 0.05) is 11.7 Å². The van der Waals surface area contributed by atoms with Gasteiger partial charge >= 0.3 is 0 Å².